The Balaban J connectivity index is 1.43. The predicted molar refractivity (Wildman–Crippen MR) is 134 cm³/mol. The molecular weight excluding hydrogens is 440 g/mol. The number of allylic oxidation sites excluding steroid dienone is 1. The van der Waals surface area contributed by atoms with E-state index in [0.29, 0.717) is 30.2 Å². The number of hydrogen-bond acceptors (Lipinski definition) is 4. The van der Waals surface area contributed by atoms with Crippen LogP contribution in [0.1, 0.15) is 60.6 Å². The second-order valence-electron chi connectivity index (χ2n) is 9.75. The molecule has 2 amide bonds. The van der Waals surface area contributed by atoms with E-state index in [4.69, 9.17) is 4.42 Å². The molecule has 7 nitrogen and oxygen atoms in total. The Bertz CT molecular complexity index is 1260. The Morgan fingerprint density at radius 1 is 1.20 bits per heavy atom. The van der Waals surface area contributed by atoms with Crippen LogP contribution < -0.4 is 5.32 Å². The largest absolute Gasteiger partial charge is 0.463 e. The molecule has 182 valence electrons. The van der Waals surface area contributed by atoms with Crippen molar-refractivity contribution in [3.05, 3.63) is 77.2 Å². The molecule has 3 aromatic rings. The van der Waals surface area contributed by atoms with Crippen molar-refractivity contribution in [1.82, 2.24) is 20.0 Å². The highest BCUT2D eigenvalue weighted by atomic mass is 16.3. The maximum atomic E-state index is 13.8. The lowest BCUT2D eigenvalue weighted by molar-refractivity contribution is -0.133. The molecule has 2 aromatic heterocycles. The number of aryl methyl sites for hydroxylation is 1. The maximum Gasteiger partial charge on any atom is 0.273 e. The number of carbonyl (C=O) groups is 2. The summed E-state index contributed by atoms with van der Waals surface area (Å²) in [5, 5.41) is 7.72. The fraction of sp³-hybridized carbons (Fsp3) is 0.393. The Labute approximate surface area is 205 Å². The number of amides is 2. The zero-order chi connectivity index (χ0) is 24.4. The van der Waals surface area contributed by atoms with Crippen LogP contribution in [0.25, 0.3) is 11.5 Å². The normalized spacial score (nSPS) is 19.9. The first-order valence-corrected chi connectivity index (χ1v) is 12.4. The van der Waals surface area contributed by atoms with E-state index in [1.54, 1.807) is 28.0 Å². The minimum absolute atomic E-state index is 0.174. The van der Waals surface area contributed by atoms with Crippen LogP contribution >= 0.6 is 0 Å². The lowest BCUT2D eigenvalue weighted by atomic mass is 9.92. The number of hydrogen-bond donors (Lipinski definition) is 1. The van der Waals surface area contributed by atoms with Crippen molar-refractivity contribution < 1.29 is 14.0 Å². The van der Waals surface area contributed by atoms with E-state index in [1.807, 2.05) is 44.2 Å². The number of carbonyl (C=O) groups excluding carboxylic acids is 2. The fourth-order valence-electron chi connectivity index (χ4n) is 5.10. The predicted octanol–water partition coefficient (Wildman–Crippen LogP) is 4.87. The second kappa shape index (κ2) is 9.56. The first-order valence-electron chi connectivity index (χ1n) is 12.4. The van der Waals surface area contributed by atoms with Crippen molar-refractivity contribution in [3.8, 4) is 11.5 Å². The average molecular weight is 473 g/mol. The van der Waals surface area contributed by atoms with Crippen LogP contribution in [-0.2, 0) is 17.9 Å². The molecule has 1 aromatic carbocycles. The van der Waals surface area contributed by atoms with Crippen LogP contribution in [0.5, 0.6) is 0 Å². The van der Waals surface area contributed by atoms with Gasteiger partial charge in [0.1, 0.15) is 16.9 Å². The van der Waals surface area contributed by atoms with Crippen molar-refractivity contribution in [3.63, 3.8) is 0 Å². The van der Waals surface area contributed by atoms with Crippen LogP contribution in [0.3, 0.4) is 0 Å². The summed E-state index contributed by atoms with van der Waals surface area (Å²) >= 11 is 0. The molecule has 1 aliphatic heterocycles. The van der Waals surface area contributed by atoms with Crippen LogP contribution in [0, 0.1) is 6.92 Å². The molecule has 0 unspecified atom stereocenters. The van der Waals surface area contributed by atoms with Gasteiger partial charge in [0.15, 0.2) is 5.76 Å². The van der Waals surface area contributed by atoms with E-state index in [0.717, 1.165) is 30.4 Å². The molecule has 1 atom stereocenters. The number of furan rings is 1. The average Bonchev–Trinajstić information content (AvgIpc) is 3.54. The Morgan fingerprint density at radius 2 is 2.06 bits per heavy atom. The molecule has 0 radical (unpaired) electrons. The quantitative estimate of drug-likeness (QED) is 0.498. The van der Waals surface area contributed by atoms with E-state index < -0.39 is 5.54 Å². The van der Waals surface area contributed by atoms with Crippen molar-refractivity contribution >= 4 is 11.8 Å². The highest BCUT2D eigenvalue weighted by Crippen LogP contribution is 2.31. The Hall–Kier alpha value is -3.61. The molecule has 1 aliphatic carbocycles. The van der Waals surface area contributed by atoms with Gasteiger partial charge >= 0.3 is 0 Å². The van der Waals surface area contributed by atoms with E-state index in [1.165, 1.54) is 18.4 Å². The van der Waals surface area contributed by atoms with Crippen LogP contribution in [0.15, 0.2) is 64.8 Å². The lowest BCUT2D eigenvalue weighted by Gasteiger charge is -2.43. The first-order chi connectivity index (χ1) is 17.0. The molecule has 0 saturated heterocycles. The van der Waals surface area contributed by atoms with Crippen LogP contribution in [-0.4, -0.2) is 38.6 Å². The summed E-state index contributed by atoms with van der Waals surface area (Å²) in [5.74, 6) is 0.253. The van der Waals surface area contributed by atoms with Gasteiger partial charge in [0.25, 0.3) is 5.91 Å². The second-order valence-corrected chi connectivity index (χ2v) is 9.75. The molecule has 0 bridgehead atoms. The zero-order valence-electron chi connectivity index (χ0n) is 20.4. The summed E-state index contributed by atoms with van der Waals surface area (Å²) in [5.41, 5.74) is 3.58. The van der Waals surface area contributed by atoms with Crippen molar-refractivity contribution in [1.29, 1.82) is 0 Å². The van der Waals surface area contributed by atoms with Gasteiger partial charge in [0.05, 0.1) is 12.8 Å². The summed E-state index contributed by atoms with van der Waals surface area (Å²) in [6.45, 7) is 5.08. The smallest absolute Gasteiger partial charge is 0.273 e. The molecule has 0 spiro atoms. The minimum Gasteiger partial charge on any atom is -0.463 e. The van der Waals surface area contributed by atoms with E-state index >= 15 is 0 Å². The highest BCUT2D eigenvalue weighted by molar-refractivity contribution is 6.00. The van der Waals surface area contributed by atoms with Crippen molar-refractivity contribution in [2.75, 3.05) is 6.54 Å². The molecule has 35 heavy (non-hydrogen) atoms. The van der Waals surface area contributed by atoms with Crippen molar-refractivity contribution in [2.45, 2.75) is 64.6 Å². The summed E-state index contributed by atoms with van der Waals surface area (Å²) in [4.78, 5) is 29.2. The Morgan fingerprint density at radius 3 is 2.80 bits per heavy atom. The molecule has 2 aliphatic rings. The fourth-order valence-corrected chi connectivity index (χ4v) is 5.10. The van der Waals surface area contributed by atoms with E-state index in [9.17, 15) is 9.59 Å². The van der Waals surface area contributed by atoms with E-state index in [2.05, 4.69) is 16.5 Å². The van der Waals surface area contributed by atoms with Gasteiger partial charge in [-0.05, 0) is 69.2 Å². The van der Waals surface area contributed by atoms with Gasteiger partial charge in [-0.3, -0.25) is 14.3 Å². The number of fused-ring (bicyclic) bond motifs is 1. The van der Waals surface area contributed by atoms with Crippen molar-refractivity contribution in [2.24, 2.45) is 0 Å². The third kappa shape index (κ3) is 4.55. The number of nitrogens with zero attached hydrogens (tertiary/aromatic N) is 3. The first kappa shape index (κ1) is 23.1. The number of nitrogens with one attached hydrogen (secondary N) is 1. The summed E-state index contributed by atoms with van der Waals surface area (Å²) < 4.78 is 7.15. The molecule has 5 rings (SSSR count). The molecular formula is C28H32N4O3. The molecule has 0 saturated carbocycles. The summed E-state index contributed by atoms with van der Waals surface area (Å²) in [6, 6.07) is 13.4. The van der Waals surface area contributed by atoms with Gasteiger partial charge in [-0.15, -0.1) is 0 Å². The Kier molecular flexibility index (Phi) is 6.32. The van der Waals surface area contributed by atoms with E-state index in [-0.39, 0.29) is 18.4 Å². The van der Waals surface area contributed by atoms with Gasteiger partial charge in [0.2, 0.25) is 5.91 Å². The van der Waals surface area contributed by atoms with Gasteiger partial charge in [0, 0.05) is 19.2 Å². The zero-order valence-corrected chi connectivity index (χ0v) is 20.4. The summed E-state index contributed by atoms with van der Waals surface area (Å²) in [7, 11) is 0. The molecule has 0 fully saturated rings. The monoisotopic (exact) mass is 472 g/mol. The lowest BCUT2D eigenvalue weighted by Crippen LogP contribution is -2.64. The van der Waals surface area contributed by atoms with Gasteiger partial charge in [-0.1, -0.05) is 35.9 Å². The number of rotatable bonds is 7. The SMILES string of the molecule is Cc1ccccc1CNC(=O)[C@@]1(C)Cn2nc(-c3ccco3)cc2C(=O)N1CCC1=CCCCC1. The molecule has 1 N–H and O–H groups in total. The minimum atomic E-state index is -1.06. The topological polar surface area (TPSA) is 80.4 Å². The number of benzene rings is 1. The standard InChI is InChI=1S/C28H32N4O3/c1-20-9-6-7-12-22(20)18-29-27(34)28(2)19-32-24(17-23(30-32)25-13-8-16-35-25)26(33)31(28)15-14-21-10-4-3-5-11-21/h6-10,12-13,16-17H,3-5,11,14-15,18-19H2,1-2H3,(H,29,34)/t28-/m1/s1. The third-order valence-corrected chi connectivity index (χ3v) is 7.30. The summed E-state index contributed by atoms with van der Waals surface area (Å²) in [6.07, 6.45) is 9.24. The molecule has 3 heterocycles. The van der Waals surface area contributed by atoms with Gasteiger partial charge < -0.3 is 14.6 Å². The van der Waals surface area contributed by atoms with Crippen LogP contribution in [0.4, 0.5) is 0 Å². The van der Waals surface area contributed by atoms with Gasteiger partial charge in [-0.25, -0.2) is 0 Å². The molecule has 7 heteroatoms. The highest BCUT2D eigenvalue weighted by Gasteiger charge is 2.47. The van der Waals surface area contributed by atoms with Gasteiger partial charge in [-0.2, -0.15) is 5.10 Å². The number of aromatic nitrogens is 2. The van der Waals surface area contributed by atoms with Crippen LogP contribution in [0.2, 0.25) is 0 Å². The maximum absolute atomic E-state index is 13.8. The third-order valence-electron chi connectivity index (χ3n) is 7.30.